The fourth-order valence-electron chi connectivity index (χ4n) is 7.00. The number of ether oxygens (including phenoxy) is 3. The molecule has 1 amide bonds. The SMILES string of the molecule is CC(C)[Si]1(C(C)C)OC[C@H]2O[C@]3(n4cnc5c(NC(=O)COc6ccccc6)ncnc54)CO[C@@H]3[C@@H]2O[Si](C(C)C)(C(C)C)O1. The minimum atomic E-state index is -2.87. The highest BCUT2D eigenvalue weighted by atomic mass is 28.5. The van der Waals surface area contributed by atoms with Crippen molar-refractivity contribution >= 4 is 40.0 Å². The number of anilines is 1. The van der Waals surface area contributed by atoms with Crippen LogP contribution < -0.4 is 10.1 Å². The smallest absolute Gasteiger partial charge is 0.335 e. The Labute approximate surface area is 266 Å². The highest BCUT2D eigenvalue weighted by molar-refractivity contribution is 6.84. The van der Waals surface area contributed by atoms with Crippen molar-refractivity contribution in [3.63, 3.8) is 0 Å². The maximum atomic E-state index is 12.8. The maximum Gasteiger partial charge on any atom is 0.335 e. The van der Waals surface area contributed by atoms with Crippen LogP contribution in [0, 0.1) is 0 Å². The zero-order valence-electron chi connectivity index (χ0n) is 27.4. The van der Waals surface area contributed by atoms with Gasteiger partial charge < -0.3 is 32.5 Å². The van der Waals surface area contributed by atoms with Crippen LogP contribution in [0.5, 0.6) is 5.75 Å². The van der Waals surface area contributed by atoms with Crippen LogP contribution in [0.25, 0.3) is 11.2 Å². The number of imidazole rings is 1. The number of nitrogens with one attached hydrogen (secondary N) is 1. The lowest BCUT2D eigenvalue weighted by Crippen LogP contribution is -2.67. The Morgan fingerprint density at radius 1 is 1.00 bits per heavy atom. The van der Waals surface area contributed by atoms with Crippen LogP contribution in [0.1, 0.15) is 55.4 Å². The van der Waals surface area contributed by atoms with Crippen molar-refractivity contribution in [2.24, 2.45) is 0 Å². The summed E-state index contributed by atoms with van der Waals surface area (Å²) in [5.74, 6) is 0.539. The molecule has 5 heterocycles. The van der Waals surface area contributed by atoms with Crippen molar-refractivity contribution in [3.05, 3.63) is 43.0 Å². The van der Waals surface area contributed by atoms with Gasteiger partial charge in [0, 0.05) is 0 Å². The van der Waals surface area contributed by atoms with Gasteiger partial charge >= 0.3 is 17.1 Å². The zero-order valence-corrected chi connectivity index (χ0v) is 29.4. The van der Waals surface area contributed by atoms with Gasteiger partial charge in [0.2, 0.25) is 0 Å². The first-order valence-corrected chi connectivity index (χ1v) is 19.9. The molecule has 0 aliphatic carbocycles. The zero-order chi connectivity index (χ0) is 32.1. The van der Waals surface area contributed by atoms with Crippen molar-refractivity contribution in [3.8, 4) is 5.75 Å². The summed E-state index contributed by atoms with van der Waals surface area (Å²) in [5.41, 5.74) is 0.873. The third-order valence-corrected chi connectivity index (χ3v) is 19.6. The van der Waals surface area contributed by atoms with E-state index in [1.165, 1.54) is 6.33 Å². The van der Waals surface area contributed by atoms with E-state index in [1.54, 1.807) is 18.5 Å². The quantitative estimate of drug-likeness (QED) is 0.305. The summed E-state index contributed by atoms with van der Waals surface area (Å²) in [6, 6.07) is 9.17. The number of carbonyl (C=O) groups is 1. The predicted octanol–water partition coefficient (Wildman–Crippen LogP) is 5.25. The summed E-state index contributed by atoms with van der Waals surface area (Å²) in [5, 5.41) is 2.82. The van der Waals surface area contributed by atoms with Crippen LogP contribution in [-0.2, 0) is 33.0 Å². The summed E-state index contributed by atoms with van der Waals surface area (Å²) >= 11 is 0. The standard InChI is InChI=1S/C31H45N5O7Si2/c1-19(2)44(20(3)4)40-14-24-27(42-45(43-44,21(5)6)22(7)8)28-31(41-24,16-39-28)36-18-34-26-29(32-17-33-30(26)36)35-25(37)15-38-23-12-10-9-11-13-23/h9-13,17-22,24,27-28H,14-16H2,1-8H3,(H,32,33,35,37)/t24-,27-,28-,31-/m1/s1. The molecular formula is C31H45N5O7Si2. The number of aromatic nitrogens is 4. The third-order valence-electron chi connectivity index (χ3n) is 9.38. The Kier molecular flexibility index (Phi) is 8.69. The van der Waals surface area contributed by atoms with Crippen molar-refractivity contribution in [1.29, 1.82) is 0 Å². The van der Waals surface area contributed by atoms with Gasteiger partial charge in [0.05, 0.1) is 19.5 Å². The molecule has 3 aliphatic rings. The van der Waals surface area contributed by atoms with E-state index in [1.807, 2.05) is 22.8 Å². The second-order valence-corrected chi connectivity index (χ2v) is 22.3. The highest BCUT2D eigenvalue weighted by Crippen LogP contribution is 2.53. The van der Waals surface area contributed by atoms with Crippen molar-refractivity contribution in [2.75, 3.05) is 25.1 Å². The Bertz CT molecular complexity index is 1500. The van der Waals surface area contributed by atoms with Crippen LogP contribution in [0.2, 0.25) is 22.2 Å². The first-order chi connectivity index (χ1) is 21.4. The van der Waals surface area contributed by atoms with E-state index in [0.29, 0.717) is 35.9 Å². The fraction of sp³-hybridized carbons (Fsp3) is 0.613. The Balaban J connectivity index is 1.31. The number of amides is 1. The van der Waals surface area contributed by atoms with Crippen LogP contribution >= 0.6 is 0 Å². The fourth-order valence-corrected chi connectivity index (χ4v) is 18.2. The number of hydrogen-bond acceptors (Lipinski definition) is 10. The first kappa shape index (κ1) is 32.2. The van der Waals surface area contributed by atoms with Gasteiger partial charge in [0.15, 0.2) is 29.3 Å². The molecule has 0 saturated carbocycles. The lowest BCUT2D eigenvalue weighted by molar-refractivity contribution is -0.274. The molecule has 0 unspecified atom stereocenters. The maximum absolute atomic E-state index is 12.8. The van der Waals surface area contributed by atoms with E-state index in [9.17, 15) is 4.79 Å². The molecule has 244 valence electrons. The summed E-state index contributed by atoms with van der Waals surface area (Å²) in [7, 11) is -5.59. The van der Waals surface area contributed by atoms with Crippen LogP contribution in [-0.4, -0.2) is 80.7 Å². The van der Waals surface area contributed by atoms with Crippen LogP contribution in [0.15, 0.2) is 43.0 Å². The number of rotatable bonds is 9. The summed E-state index contributed by atoms with van der Waals surface area (Å²) < 4.78 is 42.2. The van der Waals surface area contributed by atoms with Gasteiger partial charge in [0.25, 0.3) is 5.91 Å². The minimum absolute atomic E-state index is 0.170. The summed E-state index contributed by atoms with van der Waals surface area (Å²) in [6.07, 6.45) is 1.90. The largest absolute Gasteiger partial charge is 0.484 e. The molecule has 0 radical (unpaired) electrons. The molecule has 3 aliphatic heterocycles. The number of benzene rings is 1. The molecule has 3 aromatic rings. The summed E-state index contributed by atoms with van der Waals surface area (Å²) in [4.78, 5) is 26.3. The van der Waals surface area contributed by atoms with Crippen molar-refractivity contribution in [2.45, 2.75) is 102 Å². The molecule has 0 spiro atoms. The number of para-hydroxylation sites is 1. The van der Waals surface area contributed by atoms with Gasteiger partial charge in [-0.1, -0.05) is 73.6 Å². The van der Waals surface area contributed by atoms with E-state index in [2.05, 4.69) is 75.7 Å². The van der Waals surface area contributed by atoms with Crippen LogP contribution in [0.4, 0.5) is 5.82 Å². The molecule has 6 rings (SSSR count). The molecular weight excluding hydrogens is 611 g/mol. The monoisotopic (exact) mass is 655 g/mol. The average molecular weight is 656 g/mol. The number of nitrogens with zero attached hydrogens (tertiary/aromatic N) is 4. The highest BCUT2D eigenvalue weighted by Gasteiger charge is 2.69. The van der Waals surface area contributed by atoms with Gasteiger partial charge in [-0.15, -0.1) is 0 Å². The van der Waals surface area contributed by atoms with Crippen LogP contribution in [0.3, 0.4) is 0 Å². The molecule has 14 heteroatoms. The second kappa shape index (κ2) is 12.1. The minimum Gasteiger partial charge on any atom is -0.484 e. The molecule has 3 saturated heterocycles. The Morgan fingerprint density at radius 3 is 2.31 bits per heavy atom. The topological polar surface area (TPSA) is 128 Å². The van der Waals surface area contributed by atoms with E-state index in [0.717, 1.165) is 0 Å². The van der Waals surface area contributed by atoms with E-state index < -0.39 is 35.1 Å². The normalized spacial score (nSPS) is 27.2. The number of carbonyl (C=O) groups excluding carboxylic acids is 1. The lowest BCUT2D eigenvalue weighted by Gasteiger charge is -2.52. The second-order valence-electron chi connectivity index (χ2n) is 13.4. The molecule has 3 fully saturated rings. The predicted molar refractivity (Wildman–Crippen MR) is 172 cm³/mol. The molecule has 2 aromatic heterocycles. The Morgan fingerprint density at radius 2 is 1.69 bits per heavy atom. The molecule has 45 heavy (non-hydrogen) atoms. The molecule has 12 nitrogen and oxygen atoms in total. The van der Waals surface area contributed by atoms with E-state index >= 15 is 0 Å². The van der Waals surface area contributed by atoms with Gasteiger partial charge in [-0.3, -0.25) is 9.36 Å². The number of hydrogen-bond donors (Lipinski definition) is 1. The Hall–Kier alpha value is -2.73. The first-order valence-electron chi connectivity index (χ1n) is 15.9. The average Bonchev–Trinajstić information content (AvgIpc) is 3.49. The summed E-state index contributed by atoms with van der Waals surface area (Å²) in [6.45, 7) is 18.1. The van der Waals surface area contributed by atoms with Gasteiger partial charge in [-0.2, -0.15) is 0 Å². The molecule has 4 atom stereocenters. The number of fused-ring (bicyclic) bond motifs is 4. The van der Waals surface area contributed by atoms with Gasteiger partial charge in [-0.25, -0.2) is 15.0 Å². The van der Waals surface area contributed by atoms with Crippen molar-refractivity contribution in [1.82, 2.24) is 19.5 Å². The lowest BCUT2D eigenvalue weighted by atomic mass is 9.98. The van der Waals surface area contributed by atoms with E-state index in [4.69, 9.17) is 27.2 Å². The van der Waals surface area contributed by atoms with Gasteiger partial charge in [-0.05, 0) is 34.3 Å². The van der Waals surface area contributed by atoms with E-state index in [-0.39, 0.29) is 40.8 Å². The molecule has 0 bridgehead atoms. The van der Waals surface area contributed by atoms with Gasteiger partial charge in [0.1, 0.15) is 30.4 Å². The third kappa shape index (κ3) is 5.33. The molecule has 1 aromatic carbocycles. The molecule has 1 N–H and O–H groups in total. The van der Waals surface area contributed by atoms with Crippen molar-refractivity contribution < 1.29 is 32.0 Å².